The summed E-state index contributed by atoms with van der Waals surface area (Å²) in [6.07, 6.45) is 2.16. The number of likely N-dealkylation sites (N-methyl/N-ethyl adjacent to an activating group) is 1. The third kappa shape index (κ3) is 5.16. The Balaban J connectivity index is 2.74. The van der Waals surface area contributed by atoms with Crippen molar-refractivity contribution in [3.63, 3.8) is 0 Å². The van der Waals surface area contributed by atoms with Crippen molar-refractivity contribution in [3.8, 4) is 0 Å². The molecule has 0 aliphatic heterocycles. The van der Waals surface area contributed by atoms with Crippen LogP contribution in [0.5, 0.6) is 0 Å². The van der Waals surface area contributed by atoms with Crippen LogP contribution >= 0.6 is 0 Å². The molecule has 1 amide bonds. The lowest BCUT2D eigenvalue weighted by atomic mass is 10.3. The van der Waals surface area contributed by atoms with Crippen molar-refractivity contribution in [1.29, 1.82) is 0 Å². The summed E-state index contributed by atoms with van der Waals surface area (Å²) in [6.45, 7) is 3.62. The summed E-state index contributed by atoms with van der Waals surface area (Å²) in [7, 11) is -3.88. The van der Waals surface area contributed by atoms with Crippen LogP contribution in [-0.2, 0) is 26.2 Å². The molecule has 1 atom stereocenters. The number of carbonyl (C=O) groups excluding carboxylic acids is 1. The van der Waals surface area contributed by atoms with E-state index in [1.54, 1.807) is 6.92 Å². The molecule has 0 saturated heterocycles. The van der Waals surface area contributed by atoms with Crippen LogP contribution in [-0.4, -0.2) is 47.8 Å². The first-order chi connectivity index (χ1) is 9.76. The Hall–Kier alpha value is -1.94. The zero-order valence-corrected chi connectivity index (χ0v) is 12.6. The first-order valence-electron chi connectivity index (χ1n) is 6.30. The van der Waals surface area contributed by atoms with E-state index in [2.05, 4.69) is 15.1 Å². The average Bonchev–Trinajstić information content (AvgIpc) is 2.85. The van der Waals surface area contributed by atoms with Gasteiger partial charge in [-0.2, -0.15) is 9.82 Å². The lowest BCUT2D eigenvalue weighted by molar-refractivity contribution is -0.137. The van der Waals surface area contributed by atoms with Crippen molar-refractivity contribution in [2.75, 3.05) is 6.54 Å². The lowest BCUT2D eigenvalue weighted by Gasteiger charge is -2.12. The maximum absolute atomic E-state index is 12.0. The number of aliphatic carboxylic acids is 1. The Morgan fingerprint density at radius 2 is 2.14 bits per heavy atom. The molecule has 21 heavy (non-hydrogen) atoms. The Kier molecular flexibility index (Phi) is 5.85. The molecule has 9 nitrogen and oxygen atoms in total. The van der Waals surface area contributed by atoms with E-state index in [-0.39, 0.29) is 17.9 Å². The maximum Gasteiger partial charge on any atom is 0.305 e. The van der Waals surface area contributed by atoms with E-state index in [9.17, 15) is 18.0 Å². The molecule has 0 aliphatic carbocycles. The predicted octanol–water partition coefficient (Wildman–Crippen LogP) is -0.839. The van der Waals surface area contributed by atoms with Crippen molar-refractivity contribution in [1.82, 2.24) is 19.8 Å². The molecule has 1 rings (SSSR count). The van der Waals surface area contributed by atoms with Crippen LogP contribution in [0.4, 0.5) is 0 Å². The van der Waals surface area contributed by atoms with Crippen LogP contribution in [0.25, 0.3) is 0 Å². The highest BCUT2D eigenvalue weighted by molar-refractivity contribution is 7.89. The monoisotopic (exact) mass is 318 g/mol. The van der Waals surface area contributed by atoms with E-state index in [1.807, 2.05) is 0 Å². The molecule has 3 N–H and O–H groups in total. The molecular formula is C11H18N4O5S. The van der Waals surface area contributed by atoms with Crippen LogP contribution in [0.15, 0.2) is 17.3 Å². The second kappa shape index (κ2) is 7.18. The number of carboxylic acids is 1. The Morgan fingerprint density at radius 1 is 1.48 bits per heavy atom. The van der Waals surface area contributed by atoms with Gasteiger partial charge in [-0.1, -0.05) is 0 Å². The zero-order valence-electron chi connectivity index (χ0n) is 11.7. The van der Waals surface area contributed by atoms with Crippen molar-refractivity contribution in [3.05, 3.63) is 12.4 Å². The number of sulfonamides is 1. The average molecular weight is 318 g/mol. The molecule has 0 radical (unpaired) electrons. The maximum atomic E-state index is 12.0. The molecule has 1 heterocycles. The molecule has 10 heteroatoms. The van der Waals surface area contributed by atoms with E-state index in [1.165, 1.54) is 17.8 Å². The summed E-state index contributed by atoms with van der Waals surface area (Å²) in [6, 6.07) is -0.919. The predicted molar refractivity (Wildman–Crippen MR) is 72.9 cm³/mol. The number of aromatic nitrogens is 2. The van der Waals surface area contributed by atoms with E-state index >= 15 is 0 Å². The number of amides is 1. The van der Waals surface area contributed by atoms with Gasteiger partial charge in [-0.25, -0.2) is 8.42 Å². The molecule has 0 aliphatic rings. The van der Waals surface area contributed by atoms with Gasteiger partial charge in [0, 0.05) is 12.7 Å². The van der Waals surface area contributed by atoms with Crippen molar-refractivity contribution < 1.29 is 23.1 Å². The zero-order chi connectivity index (χ0) is 16.0. The molecule has 0 fully saturated rings. The Labute approximate surface area is 122 Å². The molecule has 118 valence electrons. The second-order valence-corrected chi connectivity index (χ2v) is 6.03. The summed E-state index contributed by atoms with van der Waals surface area (Å²) in [5, 5.41) is 14.8. The topological polar surface area (TPSA) is 130 Å². The minimum atomic E-state index is -3.88. The van der Waals surface area contributed by atoms with Crippen molar-refractivity contribution >= 4 is 21.9 Å². The number of rotatable bonds is 8. The molecular weight excluding hydrogens is 300 g/mol. The molecule has 1 unspecified atom stereocenters. The Bertz CT molecular complexity index is 610. The van der Waals surface area contributed by atoms with Gasteiger partial charge in [0.15, 0.2) is 0 Å². The highest BCUT2D eigenvalue weighted by Gasteiger charge is 2.23. The molecule has 1 aromatic heterocycles. The quantitative estimate of drug-likeness (QED) is 0.573. The smallest absolute Gasteiger partial charge is 0.305 e. The van der Waals surface area contributed by atoms with Crippen LogP contribution in [0.3, 0.4) is 0 Å². The van der Waals surface area contributed by atoms with E-state index in [0.717, 1.165) is 6.20 Å². The Morgan fingerprint density at radius 3 is 2.71 bits per heavy atom. The molecule has 0 spiro atoms. The lowest BCUT2D eigenvalue weighted by Crippen LogP contribution is -2.44. The molecule has 0 aromatic carbocycles. The summed E-state index contributed by atoms with van der Waals surface area (Å²) >= 11 is 0. The highest BCUT2D eigenvalue weighted by Crippen LogP contribution is 2.08. The van der Waals surface area contributed by atoms with Crippen molar-refractivity contribution in [2.24, 2.45) is 0 Å². The number of nitrogens with one attached hydrogen (secondary N) is 2. The normalized spacial score (nSPS) is 12.9. The summed E-state index contributed by atoms with van der Waals surface area (Å²) in [5.41, 5.74) is 0. The molecule has 0 bridgehead atoms. The van der Waals surface area contributed by atoms with E-state index in [0.29, 0.717) is 6.54 Å². The fourth-order valence-electron chi connectivity index (χ4n) is 1.50. The van der Waals surface area contributed by atoms with Gasteiger partial charge < -0.3 is 10.4 Å². The summed E-state index contributed by atoms with van der Waals surface area (Å²) in [5.74, 6) is -1.43. The standard InChI is InChI=1S/C11H18N4O5S/c1-3-12-11(18)8(2)14-21(19,20)9-6-13-15(7-9)5-4-10(16)17/h6-8,14H,3-5H2,1-2H3,(H,12,18)(H,16,17). The van der Waals surface area contributed by atoms with Gasteiger partial charge in [0.25, 0.3) is 0 Å². The fourth-order valence-corrected chi connectivity index (χ4v) is 2.65. The third-order valence-corrected chi connectivity index (χ3v) is 4.05. The van der Waals surface area contributed by atoms with Gasteiger partial charge in [-0.05, 0) is 13.8 Å². The second-order valence-electron chi connectivity index (χ2n) is 4.32. The van der Waals surface area contributed by atoms with E-state index in [4.69, 9.17) is 5.11 Å². The third-order valence-electron chi connectivity index (χ3n) is 2.55. The first-order valence-corrected chi connectivity index (χ1v) is 7.79. The van der Waals surface area contributed by atoms with E-state index < -0.39 is 27.9 Å². The number of nitrogens with zero attached hydrogens (tertiary/aromatic N) is 2. The summed E-state index contributed by atoms with van der Waals surface area (Å²) < 4.78 is 27.5. The van der Waals surface area contributed by atoms with Crippen LogP contribution in [0.2, 0.25) is 0 Å². The summed E-state index contributed by atoms with van der Waals surface area (Å²) in [4.78, 5) is 21.8. The highest BCUT2D eigenvalue weighted by atomic mass is 32.2. The van der Waals surface area contributed by atoms with Gasteiger partial charge in [-0.3, -0.25) is 14.3 Å². The number of carboxylic acid groups (broad SMARTS) is 1. The first kappa shape index (κ1) is 17.1. The van der Waals surface area contributed by atoms with Gasteiger partial charge in [0.05, 0.1) is 25.2 Å². The SMILES string of the molecule is CCNC(=O)C(C)NS(=O)(=O)c1cnn(CCC(=O)O)c1. The fraction of sp³-hybridized carbons (Fsp3) is 0.545. The number of carbonyl (C=O) groups is 2. The van der Waals surface area contributed by atoms with Gasteiger partial charge in [0.1, 0.15) is 4.90 Å². The van der Waals surface area contributed by atoms with Gasteiger partial charge in [0.2, 0.25) is 15.9 Å². The minimum absolute atomic E-state index is 0.0662. The molecule has 1 aromatic rings. The van der Waals surface area contributed by atoms with Crippen LogP contribution < -0.4 is 10.0 Å². The van der Waals surface area contributed by atoms with Crippen LogP contribution in [0.1, 0.15) is 20.3 Å². The number of hydrogen-bond donors (Lipinski definition) is 3. The number of aryl methyl sites for hydroxylation is 1. The molecule has 0 saturated carbocycles. The van der Waals surface area contributed by atoms with Gasteiger partial charge in [-0.15, -0.1) is 0 Å². The number of hydrogen-bond acceptors (Lipinski definition) is 5. The van der Waals surface area contributed by atoms with Crippen LogP contribution in [0, 0.1) is 0 Å². The van der Waals surface area contributed by atoms with Gasteiger partial charge >= 0.3 is 5.97 Å². The largest absolute Gasteiger partial charge is 0.481 e. The minimum Gasteiger partial charge on any atom is -0.481 e. The van der Waals surface area contributed by atoms with Crippen molar-refractivity contribution in [2.45, 2.75) is 37.8 Å².